The van der Waals surface area contributed by atoms with E-state index in [9.17, 15) is 0 Å². The number of H-pyrrole nitrogens is 1. The number of fused-ring (bicyclic) bond motifs is 2. The Bertz CT molecular complexity index is 712. The summed E-state index contributed by atoms with van der Waals surface area (Å²) in [5.74, 6) is 0.970. The molecule has 0 saturated carbocycles. The summed E-state index contributed by atoms with van der Waals surface area (Å²) >= 11 is 6.36. The largest absolute Gasteiger partial charge is 0.345 e. The summed E-state index contributed by atoms with van der Waals surface area (Å²) in [4.78, 5) is 3.29. The molecule has 0 unspecified atom stereocenters. The van der Waals surface area contributed by atoms with Crippen LogP contribution in [-0.2, 0) is 6.42 Å². The minimum absolute atomic E-state index is 0.455. The first-order valence-corrected chi connectivity index (χ1v) is 7.55. The van der Waals surface area contributed by atoms with Crippen LogP contribution in [0.5, 0.6) is 0 Å². The van der Waals surface area contributed by atoms with Crippen molar-refractivity contribution in [3.8, 4) is 6.07 Å². The third-order valence-corrected chi connectivity index (χ3v) is 5.18. The van der Waals surface area contributed by atoms with Crippen LogP contribution in [0.15, 0.2) is 18.2 Å². The lowest BCUT2D eigenvalue weighted by Gasteiger charge is -2.40. The molecule has 2 heterocycles. The fraction of sp³-hybridized carbons (Fsp3) is 0.438. The first-order valence-electron chi connectivity index (χ1n) is 7.17. The summed E-state index contributed by atoms with van der Waals surface area (Å²) in [6.45, 7) is 0.947. The van der Waals surface area contributed by atoms with Crippen molar-refractivity contribution in [3.05, 3.63) is 34.5 Å². The van der Waals surface area contributed by atoms with Gasteiger partial charge in [0.15, 0.2) is 0 Å². The standard InChI is InChI=1S/C16H16ClN3/c17-16-12-7-14-11(6-9(4-5-18)8-19-14)10-2-1-3-13(20-16)15(10)12/h1-3,9,11,14,19-20H,4,6-8H2/t9-,11-,14-/m1/s1. The Morgan fingerprint density at radius 2 is 2.30 bits per heavy atom. The third kappa shape index (κ3) is 1.69. The smallest absolute Gasteiger partial charge is 0.110 e. The second-order valence-corrected chi connectivity index (χ2v) is 6.35. The fourth-order valence-corrected chi connectivity index (χ4v) is 4.22. The van der Waals surface area contributed by atoms with E-state index in [1.54, 1.807) is 0 Å². The molecule has 1 fully saturated rings. The number of hydrogen-bond acceptors (Lipinski definition) is 2. The van der Waals surface area contributed by atoms with Gasteiger partial charge in [-0.05, 0) is 42.5 Å². The number of halogens is 1. The van der Waals surface area contributed by atoms with Crippen molar-refractivity contribution in [3.63, 3.8) is 0 Å². The molecule has 4 rings (SSSR count). The molecule has 1 aromatic heterocycles. The quantitative estimate of drug-likeness (QED) is 0.844. The van der Waals surface area contributed by atoms with E-state index in [1.165, 1.54) is 16.5 Å². The predicted molar refractivity (Wildman–Crippen MR) is 79.9 cm³/mol. The van der Waals surface area contributed by atoms with E-state index in [2.05, 4.69) is 34.6 Å². The molecule has 2 N–H and O–H groups in total. The highest BCUT2D eigenvalue weighted by molar-refractivity contribution is 6.32. The van der Waals surface area contributed by atoms with Crippen LogP contribution in [0.1, 0.15) is 29.9 Å². The van der Waals surface area contributed by atoms with Gasteiger partial charge in [0.25, 0.3) is 0 Å². The summed E-state index contributed by atoms with van der Waals surface area (Å²) in [6.07, 6.45) is 2.74. The summed E-state index contributed by atoms with van der Waals surface area (Å²) in [6, 6.07) is 9.19. The van der Waals surface area contributed by atoms with Gasteiger partial charge in [0.2, 0.25) is 0 Å². The van der Waals surface area contributed by atoms with Crippen LogP contribution in [0.25, 0.3) is 10.9 Å². The van der Waals surface area contributed by atoms with E-state index in [0.717, 1.165) is 30.1 Å². The summed E-state index contributed by atoms with van der Waals surface area (Å²) in [5.41, 5.74) is 3.79. The number of nitriles is 1. The summed E-state index contributed by atoms with van der Waals surface area (Å²) in [7, 11) is 0. The molecule has 0 spiro atoms. The molecule has 3 nitrogen and oxygen atoms in total. The maximum atomic E-state index is 8.93. The molecular weight excluding hydrogens is 270 g/mol. The van der Waals surface area contributed by atoms with E-state index < -0.39 is 0 Å². The molecule has 1 saturated heterocycles. The Labute approximate surface area is 122 Å². The molecule has 102 valence electrons. The van der Waals surface area contributed by atoms with E-state index in [0.29, 0.717) is 24.3 Å². The Balaban J connectivity index is 1.82. The number of nitrogens with zero attached hydrogens (tertiary/aromatic N) is 1. The second kappa shape index (κ2) is 4.51. The highest BCUT2D eigenvalue weighted by Gasteiger charge is 2.37. The van der Waals surface area contributed by atoms with Crippen molar-refractivity contribution in [1.29, 1.82) is 5.26 Å². The van der Waals surface area contributed by atoms with Gasteiger partial charge in [-0.25, -0.2) is 0 Å². The van der Waals surface area contributed by atoms with Crippen molar-refractivity contribution in [2.24, 2.45) is 5.92 Å². The van der Waals surface area contributed by atoms with Crippen LogP contribution >= 0.6 is 11.6 Å². The summed E-state index contributed by atoms with van der Waals surface area (Å²) < 4.78 is 0. The van der Waals surface area contributed by atoms with Gasteiger partial charge >= 0.3 is 0 Å². The topological polar surface area (TPSA) is 51.6 Å². The predicted octanol–water partition coefficient (Wildman–Crippen LogP) is 3.35. The van der Waals surface area contributed by atoms with Gasteiger partial charge in [-0.3, -0.25) is 0 Å². The average Bonchev–Trinajstić information content (AvgIpc) is 2.78. The molecule has 0 bridgehead atoms. The zero-order valence-corrected chi connectivity index (χ0v) is 11.9. The Morgan fingerprint density at radius 1 is 1.40 bits per heavy atom. The normalized spacial score (nSPS) is 28.1. The summed E-state index contributed by atoms with van der Waals surface area (Å²) in [5, 5.41) is 14.7. The highest BCUT2D eigenvalue weighted by Crippen LogP contribution is 2.44. The van der Waals surface area contributed by atoms with Crippen molar-refractivity contribution in [1.82, 2.24) is 10.3 Å². The van der Waals surface area contributed by atoms with Gasteiger partial charge < -0.3 is 10.3 Å². The third-order valence-electron chi connectivity index (χ3n) is 4.85. The molecule has 20 heavy (non-hydrogen) atoms. The first kappa shape index (κ1) is 12.3. The van der Waals surface area contributed by atoms with Crippen molar-refractivity contribution in [2.45, 2.75) is 31.2 Å². The van der Waals surface area contributed by atoms with Crippen molar-refractivity contribution >= 4 is 22.5 Å². The molecule has 1 aliphatic carbocycles. The molecule has 4 heteroatoms. The molecule has 0 amide bonds. The number of piperidine rings is 1. The first-order chi connectivity index (χ1) is 9.78. The van der Waals surface area contributed by atoms with E-state index >= 15 is 0 Å². The molecule has 2 aliphatic rings. The number of aromatic nitrogens is 1. The number of hydrogen-bond donors (Lipinski definition) is 2. The Morgan fingerprint density at radius 3 is 3.15 bits per heavy atom. The van der Waals surface area contributed by atoms with Gasteiger partial charge in [-0.1, -0.05) is 23.7 Å². The zero-order valence-electron chi connectivity index (χ0n) is 11.1. The van der Waals surface area contributed by atoms with Crippen LogP contribution < -0.4 is 5.32 Å². The van der Waals surface area contributed by atoms with E-state index in [-0.39, 0.29) is 0 Å². The zero-order chi connectivity index (χ0) is 13.7. The molecule has 2 aromatic rings. The Kier molecular flexibility index (Phi) is 2.76. The lowest BCUT2D eigenvalue weighted by atomic mass is 9.73. The molecule has 1 aromatic carbocycles. The average molecular weight is 286 g/mol. The SMILES string of the molecule is N#CC[C@H]1CN[C@@H]2Cc3c(Cl)[nH]c4cccc(c34)[C@H]2C1. The van der Waals surface area contributed by atoms with E-state index in [4.69, 9.17) is 16.9 Å². The number of nitrogens with one attached hydrogen (secondary N) is 2. The number of aromatic amines is 1. The van der Waals surface area contributed by atoms with Gasteiger partial charge in [-0.2, -0.15) is 5.26 Å². The molecular formula is C16H16ClN3. The van der Waals surface area contributed by atoms with Crippen LogP contribution in [-0.4, -0.2) is 17.6 Å². The lowest BCUT2D eigenvalue weighted by Crippen LogP contribution is -2.46. The van der Waals surface area contributed by atoms with Gasteiger partial charge in [0.05, 0.1) is 6.07 Å². The van der Waals surface area contributed by atoms with Crippen molar-refractivity contribution < 1.29 is 0 Å². The highest BCUT2D eigenvalue weighted by atomic mass is 35.5. The molecule has 0 radical (unpaired) electrons. The minimum Gasteiger partial charge on any atom is -0.345 e. The van der Waals surface area contributed by atoms with Crippen LogP contribution in [0.4, 0.5) is 0 Å². The van der Waals surface area contributed by atoms with Gasteiger partial charge in [-0.15, -0.1) is 0 Å². The number of benzene rings is 1. The van der Waals surface area contributed by atoms with E-state index in [1.807, 2.05) is 0 Å². The maximum absolute atomic E-state index is 8.93. The fourth-order valence-electron chi connectivity index (χ4n) is 3.94. The van der Waals surface area contributed by atoms with Gasteiger partial charge in [0, 0.05) is 29.3 Å². The molecule has 3 atom stereocenters. The lowest BCUT2D eigenvalue weighted by molar-refractivity contribution is 0.271. The minimum atomic E-state index is 0.455. The second-order valence-electron chi connectivity index (χ2n) is 5.98. The van der Waals surface area contributed by atoms with Crippen molar-refractivity contribution in [2.75, 3.05) is 6.54 Å². The molecule has 1 aliphatic heterocycles. The van der Waals surface area contributed by atoms with Crippen LogP contribution in [0, 0.1) is 17.2 Å². The Hall–Kier alpha value is -1.50. The number of rotatable bonds is 1. The maximum Gasteiger partial charge on any atom is 0.110 e. The van der Waals surface area contributed by atoms with Gasteiger partial charge in [0.1, 0.15) is 5.15 Å². The van der Waals surface area contributed by atoms with Crippen LogP contribution in [0.2, 0.25) is 5.15 Å². The monoisotopic (exact) mass is 285 g/mol. The van der Waals surface area contributed by atoms with Crippen LogP contribution in [0.3, 0.4) is 0 Å².